The van der Waals surface area contributed by atoms with Crippen molar-refractivity contribution in [3.63, 3.8) is 0 Å². The largest absolute Gasteiger partial charge is 0.550 e. The number of carbonyl (C=O) groups excluding carboxylic acids is 1. The molecular formula is C20H29O2-. The Hall–Kier alpha value is -1.05. The SMILES string of the molecule is CC(C)=C1C=C2CCC3[C@](C)(C(=O)[O-])CCC[C@]3(C)[C@H]2CC1. The number of aliphatic carboxylic acids is 1. The van der Waals surface area contributed by atoms with E-state index in [1.165, 1.54) is 24.0 Å². The summed E-state index contributed by atoms with van der Waals surface area (Å²) in [7, 11) is 0. The topological polar surface area (TPSA) is 40.1 Å². The molecule has 0 saturated heterocycles. The van der Waals surface area contributed by atoms with E-state index in [1.807, 2.05) is 6.92 Å². The van der Waals surface area contributed by atoms with Gasteiger partial charge in [0, 0.05) is 11.4 Å². The quantitative estimate of drug-likeness (QED) is 0.734. The standard InChI is InChI=1S/C20H30O2/c1-13(2)14-6-8-16-15(12-14)7-9-17-19(16,3)10-5-11-20(17,4)18(21)22/h12,16-17H,5-11H2,1-4H3,(H,21,22)/p-1/t16-,17?,19+,20+/m0/s1. The lowest BCUT2D eigenvalue weighted by atomic mass is 9.46. The first kappa shape index (κ1) is 15.8. The van der Waals surface area contributed by atoms with Gasteiger partial charge in [-0.15, -0.1) is 0 Å². The molecule has 0 aliphatic heterocycles. The molecule has 0 aromatic heterocycles. The molecule has 0 radical (unpaired) electrons. The van der Waals surface area contributed by atoms with E-state index >= 15 is 0 Å². The van der Waals surface area contributed by atoms with E-state index in [2.05, 4.69) is 26.8 Å². The molecule has 2 heteroatoms. The van der Waals surface area contributed by atoms with Crippen molar-refractivity contribution in [3.8, 4) is 0 Å². The van der Waals surface area contributed by atoms with Crippen LogP contribution in [0.25, 0.3) is 0 Å². The van der Waals surface area contributed by atoms with Gasteiger partial charge in [-0.25, -0.2) is 0 Å². The van der Waals surface area contributed by atoms with Crippen molar-refractivity contribution in [3.05, 3.63) is 22.8 Å². The number of fused-ring (bicyclic) bond motifs is 3. The van der Waals surface area contributed by atoms with Gasteiger partial charge in [-0.05, 0) is 75.2 Å². The Morgan fingerprint density at radius 1 is 1.18 bits per heavy atom. The number of carbonyl (C=O) groups is 1. The minimum absolute atomic E-state index is 0.143. The molecule has 2 fully saturated rings. The van der Waals surface area contributed by atoms with E-state index in [-0.39, 0.29) is 11.3 Å². The molecule has 0 amide bonds. The fourth-order valence-electron chi connectivity index (χ4n) is 5.81. The van der Waals surface area contributed by atoms with Gasteiger partial charge in [0.15, 0.2) is 0 Å². The lowest BCUT2D eigenvalue weighted by Crippen LogP contribution is -2.57. The van der Waals surface area contributed by atoms with Crippen LogP contribution >= 0.6 is 0 Å². The van der Waals surface area contributed by atoms with Crippen LogP contribution in [0.4, 0.5) is 0 Å². The molecule has 122 valence electrons. The van der Waals surface area contributed by atoms with Crippen molar-refractivity contribution in [1.82, 2.24) is 0 Å². The van der Waals surface area contributed by atoms with Crippen molar-refractivity contribution in [2.24, 2.45) is 22.7 Å². The summed E-state index contributed by atoms with van der Waals surface area (Å²) in [5.41, 5.74) is 4.04. The zero-order chi connectivity index (χ0) is 16.1. The van der Waals surface area contributed by atoms with Gasteiger partial charge in [0.05, 0.1) is 0 Å². The molecule has 0 aromatic carbocycles. The second-order valence-corrected chi connectivity index (χ2v) is 8.49. The fourth-order valence-corrected chi connectivity index (χ4v) is 5.81. The lowest BCUT2D eigenvalue weighted by Gasteiger charge is -2.60. The molecular weight excluding hydrogens is 272 g/mol. The van der Waals surface area contributed by atoms with E-state index in [9.17, 15) is 9.90 Å². The molecule has 2 saturated carbocycles. The Morgan fingerprint density at radius 2 is 1.91 bits per heavy atom. The highest BCUT2D eigenvalue weighted by Crippen LogP contribution is 2.63. The van der Waals surface area contributed by atoms with Gasteiger partial charge in [-0.2, -0.15) is 0 Å². The summed E-state index contributed by atoms with van der Waals surface area (Å²) < 4.78 is 0. The normalized spacial score (nSPS) is 41.3. The Bertz CT molecular complexity index is 552. The van der Waals surface area contributed by atoms with Crippen LogP contribution < -0.4 is 5.11 Å². The van der Waals surface area contributed by atoms with Gasteiger partial charge < -0.3 is 9.90 Å². The van der Waals surface area contributed by atoms with Gasteiger partial charge in [0.25, 0.3) is 0 Å². The number of allylic oxidation sites excluding steroid dienone is 4. The van der Waals surface area contributed by atoms with E-state index < -0.39 is 11.4 Å². The monoisotopic (exact) mass is 301 g/mol. The zero-order valence-electron chi connectivity index (χ0n) is 14.5. The van der Waals surface area contributed by atoms with Crippen molar-refractivity contribution < 1.29 is 9.90 Å². The number of rotatable bonds is 1. The van der Waals surface area contributed by atoms with Gasteiger partial charge >= 0.3 is 0 Å². The van der Waals surface area contributed by atoms with Crippen LogP contribution in [-0.4, -0.2) is 5.97 Å². The van der Waals surface area contributed by atoms with Crippen molar-refractivity contribution >= 4 is 5.97 Å². The van der Waals surface area contributed by atoms with E-state index in [0.29, 0.717) is 5.92 Å². The summed E-state index contributed by atoms with van der Waals surface area (Å²) in [6.07, 6.45) is 9.87. The van der Waals surface area contributed by atoms with E-state index in [0.717, 1.165) is 32.1 Å². The first-order valence-corrected chi connectivity index (χ1v) is 8.87. The van der Waals surface area contributed by atoms with Crippen LogP contribution in [0.15, 0.2) is 22.8 Å². The van der Waals surface area contributed by atoms with Gasteiger partial charge in [-0.1, -0.05) is 37.5 Å². The molecule has 3 rings (SSSR count). The van der Waals surface area contributed by atoms with E-state index in [1.54, 1.807) is 5.57 Å². The number of hydrogen-bond donors (Lipinski definition) is 0. The molecule has 2 nitrogen and oxygen atoms in total. The molecule has 3 aliphatic carbocycles. The van der Waals surface area contributed by atoms with Gasteiger partial charge in [-0.3, -0.25) is 0 Å². The molecule has 3 aliphatic rings. The average molecular weight is 301 g/mol. The van der Waals surface area contributed by atoms with Crippen LogP contribution in [0.5, 0.6) is 0 Å². The highest BCUT2D eigenvalue weighted by atomic mass is 16.4. The molecule has 0 heterocycles. The maximum atomic E-state index is 11.8. The first-order chi connectivity index (χ1) is 10.3. The highest BCUT2D eigenvalue weighted by Gasteiger charge is 2.55. The van der Waals surface area contributed by atoms with Crippen molar-refractivity contribution in [1.29, 1.82) is 0 Å². The Kier molecular flexibility index (Phi) is 3.78. The van der Waals surface area contributed by atoms with Gasteiger partial charge in [0.1, 0.15) is 0 Å². The van der Waals surface area contributed by atoms with Crippen molar-refractivity contribution in [2.75, 3.05) is 0 Å². The summed E-state index contributed by atoms with van der Waals surface area (Å²) in [6.45, 7) is 8.72. The Morgan fingerprint density at radius 3 is 2.55 bits per heavy atom. The zero-order valence-corrected chi connectivity index (χ0v) is 14.5. The van der Waals surface area contributed by atoms with Crippen LogP contribution in [0.1, 0.15) is 72.6 Å². The molecule has 0 N–H and O–H groups in total. The number of hydrogen-bond acceptors (Lipinski definition) is 2. The minimum atomic E-state index is -0.823. The fraction of sp³-hybridized carbons (Fsp3) is 0.750. The maximum absolute atomic E-state index is 11.8. The maximum Gasteiger partial charge on any atom is 0.0476 e. The number of carboxylic acid groups (broad SMARTS) is 1. The second kappa shape index (κ2) is 5.25. The summed E-state index contributed by atoms with van der Waals surface area (Å²) in [4.78, 5) is 11.8. The molecule has 0 aromatic rings. The third kappa shape index (κ3) is 2.18. The third-order valence-corrected chi connectivity index (χ3v) is 7.11. The average Bonchev–Trinajstić information content (AvgIpc) is 2.46. The van der Waals surface area contributed by atoms with Crippen LogP contribution in [0.3, 0.4) is 0 Å². The molecule has 1 unspecified atom stereocenters. The Labute approximate surface area is 134 Å². The minimum Gasteiger partial charge on any atom is -0.550 e. The predicted molar refractivity (Wildman–Crippen MR) is 87.0 cm³/mol. The highest BCUT2D eigenvalue weighted by molar-refractivity contribution is 5.73. The van der Waals surface area contributed by atoms with Crippen LogP contribution in [0.2, 0.25) is 0 Å². The number of carboxylic acids is 1. The molecule has 4 atom stereocenters. The predicted octanol–water partition coefficient (Wildman–Crippen LogP) is 4.02. The third-order valence-electron chi connectivity index (χ3n) is 7.11. The second-order valence-electron chi connectivity index (χ2n) is 8.49. The summed E-state index contributed by atoms with van der Waals surface area (Å²) >= 11 is 0. The van der Waals surface area contributed by atoms with Crippen molar-refractivity contribution in [2.45, 2.75) is 72.6 Å². The summed E-state index contributed by atoms with van der Waals surface area (Å²) in [6, 6.07) is 0. The smallest absolute Gasteiger partial charge is 0.0476 e. The lowest BCUT2D eigenvalue weighted by molar-refractivity contribution is -0.326. The Balaban J connectivity index is 1.99. The van der Waals surface area contributed by atoms with Crippen LogP contribution in [-0.2, 0) is 4.79 Å². The summed E-state index contributed by atoms with van der Waals surface area (Å²) in [5, 5.41) is 11.8. The van der Waals surface area contributed by atoms with Gasteiger partial charge in [0.2, 0.25) is 0 Å². The molecule has 0 bridgehead atoms. The van der Waals surface area contributed by atoms with Crippen LogP contribution in [0, 0.1) is 22.7 Å². The molecule has 0 spiro atoms. The molecule has 22 heavy (non-hydrogen) atoms. The first-order valence-electron chi connectivity index (χ1n) is 8.87. The van der Waals surface area contributed by atoms with E-state index in [4.69, 9.17) is 0 Å². The summed E-state index contributed by atoms with van der Waals surface area (Å²) in [5.74, 6) is 0.0270.